The Hall–Kier alpha value is 0.240. The van der Waals surface area contributed by atoms with E-state index >= 15 is 0 Å². The highest BCUT2D eigenvalue weighted by Crippen LogP contribution is 2.15. The van der Waals surface area contributed by atoms with Gasteiger partial charge >= 0.3 is 0 Å². The van der Waals surface area contributed by atoms with Gasteiger partial charge in [0.1, 0.15) is 0 Å². The fourth-order valence-electron chi connectivity index (χ4n) is 1.14. The van der Waals surface area contributed by atoms with E-state index in [1.165, 1.54) is 5.54 Å². The molecule has 0 bridgehead atoms. The van der Waals surface area contributed by atoms with Gasteiger partial charge in [-0.25, -0.2) is 0 Å². The lowest BCUT2D eigenvalue weighted by molar-refractivity contribution is 0.230. The maximum absolute atomic E-state index is 5.79. The minimum Gasteiger partial charge on any atom is -0.330 e. The third-order valence-corrected chi connectivity index (χ3v) is 2.39. The van der Waals surface area contributed by atoms with Crippen LogP contribution in [0.25, 0.3) is 0 Å². The molecule has 0 saturated heterocycles. The average molecular weight is 225 g/mol. The van der Waals surface area contributed by atoms with E-state index in [4.69, 9.17) is 28.9 Å². The molecular formula is C9H18Cl2N2. The summed E-state index contributed by atoms with van der Waals surface area (Å²) in [5.41, 5.74) is 7.14. The van der Waals surface area contributed by atoms with Crippen LogP contribution in [0, 0.1) is 5.41 Å². The molecule has 2 N–H and O–H groups in total. The molecule has 0 radical (unpaired) electrons. The first kappa shape index (κ1) is 13.2. The highest BCUT2D eigenvalue weighted by molar-refractivity contribution is 6.36. The largest absolute Gasteiger partial charge is 0.330 e. The summed E-state index contributed by atoms with van der Waals surface area (Å²) in [6.07, 6.45) is 0. The maximum Gasteiger partial charge on any atom is 0.0434 e. The first-order chi connectivity index (χ1) is 5.91. The summed E-state index contributed by atoms with van der Waals surface area (Å²) in [4.78, 5) is 2.11. The highest BCUT2D eigenvalue weighted by Gasteiger charge is 2.17. The van der Waals surface area contributed by atoms with Gasteiger partial charge in [-0.3, -0.25) is 0 Å². The first-order valence-electron chi connectivity index (χ1n) is 4.24. The Labute approximate surface area is 90.7 Å². The van der Waals surface area contributed by atoms with Gasteiger partial charge in [-0.1, -0.05) is 37.0 Å². The molecule has 0 aliphatic rings. The van der Waals surface area contributed by atoms with E-state index in [2.05, 4.69) is 18.7 Å². The third kappa shape index (κ3) is 6.33. The van der Waals surface area contributed by atoms with E-state index in [1.807, 2.05) is 7.05 Å². The van der Waals surface area contributed by atoms with Gasteiger partial charge in [0.05, 0.1) is 0 Å². The van der Waals surface area contributed by atoms with E-state index in [1.54, 1.807) is 0 Å². The molecule has 0 atom stereocenters. The molecule has 0 fully saturated rings. The molecule has 0 aromatic heterocycles. The second-order valence-corrected chi connectivity index (χ2v) is 4.80. The topological polar surface area (TPSA) is 29.3 Å². The monoisotopic (exact) mass is 224 g/mol. The van der Waals surface area contributed by atoms with Crippen molar-refractivity contribution >= 4 is 23.2 Å². The summed E-state index contributed by atoms with van der Waals surface area (Å²) in [5, 5.41) is 0.650. The number of hydrogen-bond acceptors (Lipinski definition) is 2. The van der Waals surface area contributed by atoms with Gasteiger partial charge in [-0.05, 0) is 19.0 Å². The molecule has 0 rings (SSSR count). The summed E-state index contributed by atoms with van der Waals surface area (Å²) >= 11 is 11.2. The van der Waals surface area contributed by atoms with Crippen LogP contribution in [0.3, 0.4) is 0 Å². The third-order valence-electron chi connectivity index (χ3n) is 1.79. The molecule has 0 aliphatic carbocycles. The van der Waals surface area contributed by atoms with Crippen molar-refractivity contribution in [2.45, 2.75) is 13.8 Å². The fourth-order valence-corrected chi connectivity index (χ4v) is 1.42. The number of rotatable bonds is 5. The van der Waals surface area contributed by atoms with Gasteiger partial charge in [0, 0.05) is 23.7 Å². The summed E-state index contributed by atoms with van der Waals surface area (Å²) in [7, 11) is 2.00. The summed E-state index contributed by atoms with van der Waals surface area (Å²) in [5.74, 6) is 0. The molecule has 13 heavy (non-hydrogen) atoms. The molecule has 0 heterocycles. The van der Waals surface area contributed by atoms with Crippen LogP contribution in [0.1, 0.15) is 13.8 Å². The number of halogens is 2. The van der Waals surface area contributed by atoms with Crippen LogP contribution in [0.5, 0.6) is 0 Å². The van der Waals surface area contributed by atoms with Crippen molar-refractivity contribution in [3.05, 3.63) is 10.6 Å². The van der Waals surface area contributed by atoms with Crippen LogP contribution in [0.2, 0.25) is 0 Å². The Bertz CT molecular complexity index is 178. The zero-order chi connectivity index (χ0) is 10.5. The van der Waals surface area contributed by atoms with Crippen LogP contribution < -0.4 is 5.73 Å². The van der Waals surface area contributed by atoms with Gasteiger partial charge < -0.3 is 10.6 Å². The van der Waals surface area contributed by atoms with Gasteiger partial charge in [0.2, 0.25) is 0 Å². The van der Waals surface area contributed by atoms with Gasteiger partial charge in [-0.2, -0.15) is 0 Å². The van der Waals surface area contributed by atoms with Crippen LogP contribution in [-0.4, -0.2) is 31.6 Å². The summed E-state index contributed by atoms with van der Waals surface area (Å²) in [6.45, 7) is 6.50. The predicted molar refractivity (Wildman–Crippen MR) is 60.1 cm³/mol. The smallest absolute Gasteiger partial charge is 0.0434 e. The highest BCUT2D eigenvalue weighted by atomic mass is 35.5. The Morgan fingerprint density at radius 3 is 2.46 bits per heavy atom. The zero-order valence-electron chi connectivity index (χ0n) is 8.48. The van der Waals surface area contributed by atoms with Crippen molar-refractivity contribution in [3.63, 3.8) is 0 Å². The molecule has 0 aromatic carbocycles. The Morgan fingerprint density at radius 2 is 2.08 bits per heavy atom. The molecule has 0 amide bonds. The number of nitrogens with zero attached hydrogens (tertiary/aromatic N) is 1. The van der Waals surface area contributed by atoms with Crippen molar-refractivity contribution in [3.8, 4) is 0 Å². The standard InChI is InChI=1S/C9H18Cl2N2/c1-9(2,6-12)7-13(3)5-8(11)4-10/h4H,5-7,12H2,1-3H3. The molecule has 0 aliphatic heterocycles. The van der Waals surface area contributed by atoms with Gasteiger partial charge in [-0.15, -0.1) is 0 Å². The molecular weight excluding hydrogens is 207 g/mol. The van der Waals surface area contributed by atoms with Gasteiger partial charge in [0.25, 0.3) is 0 Å². The summed E-state index contributed by atoms with van der Waals surface area (Å²) in [6, 6.07) is 0. The predicted octanol–water partition coefficient (Wildman–Crippen LogP) is 2.22. The van der Waals surface area contributed by atoms with Crippen LogP contribution in [0.4, 0.5) is 0 Å². The number of nitrogens with two attached hydrogens (primary N) is 1. The number of hydrogen-bond donors (Lipinski definition) is 1. The van der Waals surface area contributed by atoms with Crippen molar-refractivity contribution in [1.29, 1.82) is 0 Å². The number of likely N-dealkylation sites (N-methyl/N-ethyl adjacent to an activating group) is 1. The molecule has 0 saturated carbocycles. The molecule has 78 valence electrons. The lowest BCUT2D eigenvalue weighted by Gasteiger charge is -2.28. The minimum atomic E-state index is 0.123. The van der Waals surface area contributed by atoms with Crippen molar-refractivity contribution in [1.82, 2.24) is 4.90 Å². The van der Waals surface area contributed by atoms with Crippen molar-refractivity contribution < 1.29 is 0 Å². The lowest BCUT2D eigenvalue weighted by Crippen LogP contribution is -2.37. The quantitative estimate of drug-likeness (QED) is 0.777. The Kier molecular flexibility index (Phi) is 5.97. The first-order valence-corrected chi connectivity index (χ1v) is 5.06. The van der Waals surface area contributed by atoms with E-state index in [0.717, 1.165) is 6.54 Å². The second kappa shape index (κ2) is 5.86. The Balaban J connectivity index is 3.94. The molecule has 4 heteroatoms. The Morgan fingerprint density at radius 1 is 1.54 bits per heavy atom. The molecule has 0 aromatic rings. The van der Waals surface area contributed by atoms with E-state index < -0.39 is 0 Å². The van der Waals surface area contributed by atoms with Crippen LogP contribution in [0.15, 0.2) is 10.6 Å². The van der Waals surface area contributed by atoms with Crippen LogP contribution >= 0.6 is 23.2 Å². The maximum atomic E-state index is 5.79. The normalized spacial score (nSPS) is 13.9. The zero-order valence-corrected chi connectivity index (χ0v) is 9.99. The van der Waals surface area contributed by atoms with E-state index in [-0.39, 0.29) is 5.41 Å². The lowest BCUT2D eigenvalue weighted by atomic mass is 9.93. The SMILES string of the molecule is CN(CC(Cl)=CCl)CC(C)(C)CN. The summed E-state index contributed by atoms with van der Waals surface area (Å²) < 4.78 is 0. The average Bonchev–Trinajstić information content (AvgIpc) is 2.03. The van der Waals surface area contributed by atoms with Gasteiger partial charge in [0.15, 0.2) is 0 Å². The fraction of sp³-hybridized carbons (Fsp3) is 0.778. The van der Waals surface area contributed by atoms with Crippen LogP contribution in [-0.2, 0) is 0 Å². The minimum absolute atomic E-state index is 0.123. The molecule has 2 nitrogen and oxygen atoms in total. The second-order valence-electron chi connectivity index (χ2n) is 4.10. The van der Waals surface area contributed by atoms with Crippen molar-refractivity contribution in [2.24, 2.45) is 11.1 Å². The van der Waals surface area contributed by atoms with Crippen molar-refractivity contribution in [2.75, 3.05) is 26.7 Å². The molecule has 0 spiro atoms. The molecule has 0 unspecified atom stereocenters. The van der Waals surface area contributed by atoms with E-state index in [0.29, 0.717) is 18.1 Å². The van der Waals surface area contributed by atoms with E-state index in [9.17, 15) is 0 Å².